The molecule has 0 fully saturated rings. The van der Waals surface area contributed by atoms with Crippen LogP contribution in [0, 0.1) is 12.3 Å². The van der Waals surface area contributed by atoms with Crippen molar-refractivity contribution >= 4 is 11.5 Å². The lowest BCUT2D eigenvalue weighted by atomic mass is 10.1. The zero-order chi connectivity index (χ0) is 13.5. The number of aliphatic hydroxyl groups excluding tert-OH is 1. The lowest BCUT2D eigenvalue weighted by molar-refractivity contribution is 0.203. The minimum atomic E-state index is 0.0327. The molecule has 0 spiro atoms. The second-order valence-electron chi connectivity index (χ2n) is 4.14. The maximum Gasteiger partial charge on any atom is 0.124 e. The number of benzene rings is 1. The molecule has 0 amide bonds. The summed E-state index contributed by atoms with van der Waals surface area (Å²) >= 11 is 0. The SMILES string of the molecule is COCCN(CCO)c1cc(C)ccc1C(=N)N. The number of aryl methyl sites for hydroxylation is 1. The zero-order valence-electron chi connectivity index (χ0n) is 10.9. The maximum absolute atomic E-state index is 9.13. The lowest BCUT2D eigenvalue weighted by Gasteiger charge is -2.26. The summed E-state index contributed by atoms with van der Waals surface area (Å²) in [4.78, 5) is 1.98. The molecule has 18 heavy (non-hydrogen) atoms. The zero-order valence-corrected chi connectivity index (χ0v) is 10.9. The Labute approximate surface area is 108 Å². The van der Waals surface area contributed by atoms with Crippen LogP contribution in [0.15, 0.2) is 18.2 Å². The summed E-state index contributed by atoms with van der Waals surface area (Å²) in [5, 5.41) is 16.7. The average molecular weight is 251 g/mol. The normalized spacial score (nSPS) is 10.4. The van der Waals surface area contributed by atoms with Crippen molar-refractivity contribution in [3.05, 3.63) is 29.3 Å². The molecule has 0 saturated heterocycles. The molecule has 5 heteroatoms. The van der Waals surface area contributed by atoms with Crippen molar-refractivity contribution in [2.75, 3.05) is 38.3 Å². The minimum Gasteiger partial charge on any atom is -0.395 e. The number of hydrogen-bond acceptors (Lipinski definition) is 4. The Morgan fingerprint density at radius 3 is 2.72 bits per heavy atom. The van der Waals surface area contributed by atoms with E-state index in [1.165, 1.54) is 0 Å². The monoisotopic (exact) mass is 251 g/mol. The fourth-order valence-electron chi connectivity index (χ4n) is 1.81. The Balaban J connectivity index is 3.07. The Morgan fingerprint density at radius 2 is 2.17 bits per heavy atom. The molecule has 1 aromatic rings. The van der Waals surface area contributed by atoms with Gasteiger partial charge in [-0.3, -0.25) is 5.41 Å². The van der Waals surface area contributed by atoms with E-state index in [9.17, 15) is 0 Å². The number of nitrogens with zero attached hydrogens (tertiary/aromatic N) is 1. The van der Waals surface area contributed by atoms with Crippen LogP contribution in [0.3, 0.4) is 0 Å². The molecule has 0 aliphatic rings. The van der Waals surface area contributed by atoms with E-state index in [0.29, 0.717) is 25.3 Å². The van der Waals surface area contributed by atoms with Gasteiger partial charge < -0.3 is 20.5 Å². The van der Waals surface area contributed by atoms with Gasteiger partial charge in [-0.15, -0.1) is 0 Å². The van der Waals surface area contributed by atoms with Crippen LogP contribution >= 0.6 is 0 Å². The first-order valence-corrected chi connectivity index (χ1v) is 5.90. The van der Waals surface area contributed by atoms with Crippen LogP contribution in [-0.4, -0.2) is 44.4 Å². The van der Waals surface area contributed by atoms with E-state index in [1.54, 1.807) is 7.11 Å². The van der Waals surface area contributed by atoms with Crippen molar-refractivity contribution in [1.29, 1.82) is 5.41 Å². The smallest absolute Gasteiger partial charge is 0.124 e. The van der Waals surface area contributed by atoms with Crippen molar-refractivity contribution < 1.29 is 9.84 Å². The van der Waals surface area contributed by atoms with E-state index >= 15 is 0 Å². The average Bonchev–Trinajstić information content (AvgIpc) is 2.34. The van der Waals surface area contributed by atoms with E-state index in [2.05, 4.69) is 0 Å². The van der Waals surface area contributed by atoms with Gasteiger partial charge in [0.25, 0.3) is 0 Å². The van der Waals surface area contributed by atoms with Crippen LogP contribution in [0.5, 0.6) is 0 Å². The fourth-order valence-corrected chi connectivity index (χ4v) is 1.81. The van der Waals surface area contributed by atoms with Gasteiger partial charge in [0.15, 0.2) is 0 Å². The Bertz CT molecular complexity index is 407. The van der Waals surface area contributed by atoms with Crippen molar-refractivity contribution in [3.8, 4) is 0 Å². The third-order valence-corrected chi connectivity index (χ3v) is 2.72. The maximum atomic E-state index is 9.13. The van der Waals surface area contributed by atoms with Gasteiger partial charge >= 0.3 is 0 Å². The highest BCUT2D eigenvalue weighted by Gasteiger charge is 2.12. The van der Waals surface area contributed by atoms with Gasteiger partial charge in [-0.2, -0.15) is 0 Å². The standard InChI is InChI=1S/C13H21N3O2/c1-10-3-4-11(13(14)15)12(9-10)16(5-7-17)6-8-18-2/h3-4,9,17H,5-8H2,1-2H3,(H3,14,15). The molecule has 0 saturated carbocycles. The van der Waals surface area contributed by atoms with Crippen molar-refractivity contribution in [3.63, 3.8) is 0 Å². The number of nitrogens with two attached hydrogens (primary N) is 1. The minimum absolute atomic E-state index is 0.0327. The van der Waals surface area contributed by atoms with Crippen molar-refractivity contribution in [1.82, 2.24) is 0 Å². The summed E-state index contributed by atoms with van der Waals surface area (Å²) in [5.74, 6) is 0.0327. The van der Waals surface area contributed by atoms with E-state index in [0.717, 1.165) is 11.3 Å². The van der Waals surface area contributed by atoms with E-state index in [-0.39, 0.29) is 12.4 Å². The number of ether oxygens (including phenoxy) is 1. The summed E-state index contributed by atoms with van der Waals surface area (Å²) in [6, 6.07) is 5.74. The molecule has 1 rings (SSSR count). The molecule has 5 nitrogen and oxygen atoms in total. The number of aliphatic hydroxyl groups is 1. The third-order valence-electron chi connectivity index (χ3n) is 2.72. The topological polar surface area (TPSA) is 82.6 Å². The summed E-state index contributed by atoms with van der Waals surface area (Å²) in [5.41, 5.74) is 8.24. The van der Waals surface area contributed by atoms with Gasteiger partial charge in [0.2, 0.25) is 0 Å². The van der Waals surface area contributed by atoms with Gasteiger partial charge in [-0.1, -0.05) is 6.07 Å². The third kappa shape index (κ3) is 3.72. The van der Waals surface area contributed by atoms with Gasteiger partial charge in [0.1, 0.15) is 5.84 Å². The number of rotatable bonds is 7. The number of methoxy groups -OCH3 is 1. The number of hydrogen-bond donors (Lipinski definition) is 3. The number of amidine groups is 1. The molecule has 100 valence electrons. The largest absolute Gasteiger partial charge is 0.395 e. The van der Waals surface area contributed by atoms with Crippen LogP contribution in [0.4, 0.5) is 5.69 Å². The van der Waals surface area contributed by atoms with E-state index in [4.69, 9.17) is 21.0 Å². The highest BCUT2D eigenvalue weighted by molar-refractivity contribution is 6.00. The summed E-state index contributed by atoms with van der Waals surface area (Å²) < 4.78 is 5.06. The number of anilines is 1. The Morgan fingerprint density at radius 1 is 1.44 bits per heavy atom. The molecular weight excluding hydrogens is 230 g/mol. The van der Waals surface area contributed by atoms with Crippen LogP contribution in [0.25, 0.3) is 0 Å². The van der Waals surface area contributed by atoms with Crippen LogP contribution in [0.2, 0.25) is 0 Å². The van der Waals surface area contributed by atoms with Crippen molar-refractivity contribution in [2.24, 2.45) is 5.73 Å². The summed E-state index contributed by atoms with van der Waals surface area (Å²) in [7, 11) is 1.64. The lowest BCUT2D eigenvalue weighted by Crippen LogP contribution is -2.32. The molecule has 4 N–H and O–H groups in total. The first-order valence-electron chi connectivity index (χ1n) is 5.90. The highest BCUT2D eigenvalue weighted by atomic mass is 16.5. The fraction of sp³-hybridized carbons (Fsp3) is 0.462. The van der Waals surface area contributed by atoms with Crippen molar-refractivity contribution in [2.45, 2.75) is 6.92 Å². The molecule has 0 atom stereocenters. The predicted octanol–water partition coefficient (Wildman–Crippen LogP) is 0.724. The molecule has 0 bridgehead atoms. The van der Waals surface area contributed by atoms with Crippen LogP contribution < -0.4 is 10.6 Å². The molecule has 0 aliphatic heterocycles. The van der Waals surface area contributed by atoms with Gasteiger partial charge in [0, 0.05) is 31.5 Å². The van der Waals surface area contributed by atoms with E-state index in [1.807, 2.05) is 30.0 Å². The molecule has 0 unspecified atom stereocenters. The Hall–Kier alpha value is -1.59. The molecule has 0 aromatic heterocycles. The first-order chi connectivity index (χ1) is 8.60. The molecule has 0 heterocycles. The molecule has 0 radical (unpaired) electrons. The highest BCUT2D eigenvalue weighted by Crippen LogP contribution is 2.21. The van der Waals surface area contributed by atoms with Gasteiger partial charge in [-0.05, 0) is 24.6 Å². The predicted molar refractivity (Wildman–Crippen MR) is 73.4 cm³/mol. The molecule has 0 aliphatic carbocycles. The van der Waals surface area contributed by atoms with Crippen LogP contribution in [0.1, 0.15) is 11.1 Å². The number of nitrogen functional groups attached to an aromatic ring is 1. The van der Waals surface area contributed by atoms with E-state index < -0.39 is 0 Å². The van der Waals surface area contributed by atoms with Gasteiger partial charge in [0.05, 0.1) is 13.2 Å². The second-order valence-corrected chi connectivity index (χ2v) is 4.14. The Kier molecular flexibility index (Phi) is 5.61. The number of nitrogens with one attached hydrogen (secondary N) is 1. The molecule has 1 aromatic carbocycles. The van der Waals surface area contributed by atoms with Crippen LogP contribution in [-0.2, 0) is 4.74 Å². The second kappa shape index (κ2) is 6.98. The summed E-state index contributed by atoms with van der Waals surface area (Å²) in [6.45, 7) is 3.75. The molecular formula is C13H21N3O2. The summed E-state index contributed by atoms with van der Waals surface area (Å²) in [6.07, 6.45) is 0. The van der Waals surface area contributed by atoms with Gasteiger partial charge in [-0.25, -0.2) is 0 Å². The quantitative estimate of drug-likeness (QED) is 0.492. The first kappa shape index (κ1) is 14.5.